The Morgan fingerprint density at radius 2 is 2.05 bits per heavy atom. The molecule has 0 unspecified atom stereocenters. The van der Waals surface area contributed by atoms with E-state index in [2.05, 4.69) is 34.1 Å². The number of rotatable bonds is 1. The van der Waals surface area contributed by atoms with E-state index in [1.807, 2.05) is 30.1 Å². The van der Waals surface area contributed by atoms with Crippen LogP contribution in [0.4, 0.5) is 5.69 Å². The molecule has 0 saturated carbocycles. The smallest absolute Gasteiger partial charge is 0.165 e. The van der Waals surface area contributed by atoms with Gasteiger partial charge in [-0.15, -0.1) is 0 Å². The summed E-state index contributed by atoms with van der Waals surface area (Å²) >= 11 is 1.86. The van der Waals surface area contributed by atoms with Gasteiger partial charge >= 0.3 is 0 Å². The minimum Gasteiger partial charge on any atom is -0.343 e. The molecule has 4 rings (SSSR count). The van der Waals surface area contributed by atoms with E-state index >= 15 is 0 Å². The number of pyridine rings is 1. The fourth-order valence-corrected chi connectivity index (χ4v) is 4.03. The van der Waals surface area contributed by atoms with Crippen molar-refractivity contribution >= 4 is 22.6 Å². The van der Waals surface area contributed by atoms with Crippen molar-refractivity contribution in [2.24, 2.45) is 4.99 Å². The molecule has 1 aromatic heterocycles. The van der Waals surface area contributed by atoms with Gasteiger partial charge in [0.1, 0.15) is 0 Å². The van der Waals surface area contributed by atoms with Crippen molar-refractivity contribution in [3.8, 4) is 0 Å². The summed E-state index contributed by atoms with van der Waals surface area (Å²) in [6.45, 7) is 0.979. The first-order valence-corrected chi connectivity index (χ1v) is 7.84. The van der Waals surface area contributed by atoms with Gasteiger partial charge in [0.15, 0.2) is 5.17 Å². The van der Waals surface area contributed by atoms with Crippen LogP contribution in [0.1, 0.15) is 11.1 Å². The summed E-state index contributed by atoms with van der Waals surface area (Å²) < 4.78 is 0. The second-order valence-corrected chi connectivity index (χ2v) is 6.16. The van der Waals surface area contributed by atoms with Crippen molar-refractivity contribution in [1.29, 1.82) is 0 Å². The van der Waals surface area contributed by atoms with Crippen LogP contribution in [-0.2, 0) is 13.0 Å². The molecule has 4 heteroatoms. The number of fused-ring (bicyclic) bond motifs is 2. The zero-order valence-corrected chi connectivity index (χ0v) is 11.9. The minimum atomic E-state index is 0.588. The second-order valence-electron chi connectivity index (χ2n) is 5.17. The molecule has 0 radical (unpaired) electrons. The number of aliphatic imine (C=N–C) groups is 1. The first-order valence-electron chi connectivity index (χ1n) is 6.85. The number of nitrogens with zero attached hydrogens (tertiary/aromatic N) is 3. The van der Waals surface area contributed by atoms with Gasteiger partial charge < -0.3 is 4.90 Å². The Hall–Kier alpha value is -1.81. The fraction of sp³-hybridized carbons (Fsp3) is 0.250. The molecule has 0 spiro atoms. The first kappa shape index (κ1) is 12.0. The Morgan fingerprint density at radius 1 is 1.15 bits per heavy atom. The van der Waals surface area contributed by atoms with E-state index in [9.17, 15) is 0 Å². The molecule has 2 aromatic rings. The molecule has 0 amide bonds. The summed E-state index contributed by atoms with van der Waals surface area (Å²) in [4.78, 5) is 11.3. The average Bonchev–Trinajstić information content (AvgIpc) is 2.88. The molecule has 3 heterocycles. The third-order valence-electron chi connectivity index (χ3n) is 3.88. The molecule has 1 saturated heterocycles. The average molecular weight is 281 g/mol. The number of hydrogen-bond acceptors (Lipinski definition) is 3. The van der Waals surface area contributed by atoms with Gasteiger partial charge in [-0.25, -0.2) is 4.99 Å². The predicted molar refractivity (Wildman–Crippen MR) is 83.3 cm³/mol. The van der Waals surface area contributed by atoms with Gasteiger partial charge in [0, 0.05) is 24.5 Å². The van der Waals surface area contributed by atoms with Crippen molar-refractivity contribution in [3.63, 3.8) is 0 Å². The molecule has 1 atom stereocenters. The zero-order valence-electron chi connectivity index (χ0n) is 11.1. The fourth-order valence-electron chi connectivity index (χ4n) is 2.84. The van der Waals surface area contributed by atoms with E-state index in [1.54, 1.807) is 6.20 Å². The van der Waals surface area contributed by atoms with Gasteiger partial charge in [0.05, 0.1) is 11.9 Å². The molecule has 0 N–H and O–H groups in total. The van der Waals surface area contributed by atoms with Crippen LogP contribution < -0.4 is 0 Å². The van der Waals surface area contributed by atoms with Crippen LogP contribution >= 0.6 is 11.8 Å². The highest BCUT2D eigenvalue weighted by molar-refractivity contribution is 8.14. The van der Waals surface area contributed by atoms with E-state index in [0.717, 1.165) is 29.6 Å². The lowest BCUT2D eigenvalue weighted by Gasteiger charge is -2.32. The molecule has 1 fully saturated rings. The number of thioether (sulfide) groups is 1. The topological polar surface area (TPSA) is 28.5 Å². The lowest BCUT2D eigenvalue weighted by atomic mass is 9.95. The van der Waals surface area contributed by atoms with E-state index in [1.165, 1.54) is 11.1 Å². The highest BCUT2D eigenvalue weighted by Crippen LogP contribution is 2.34. The predicted octanol–water partition coefficient (Wildman–Crippen LogP) is 3.24. The third kappa shape index (κ3) is 2.10. The molecule has 0 aliphatic carbocycles. The maximum atomic E-state index is 4.76. The second kappa shape index (κ2) is 4.94. The Morgan fingerprint density at radius 3 is 2.90 bits per heavy atom. The Kier molecular flexibility index (Phi) is 2.96. The molecule has 2 aliphatic heterocycles. The third-order valence-corrected chi connectivity index (χ3v) is 5.01. The van der Waals surface area contributed by atoms with Crippen molar-refractivity contribution < 1.29 is 0 Å². The van der Waals surface area contributed by atoms with Crippen molar-refractivity contribution in [2.75, 3.05) is 5.75 Å². The van der Waals surface area contributed by atoms with Crippen molar-refractivity contribution in [3.05, 3.63) is 59.9 Å². The summed E-state index contributed by atoms with van der Waals surface area (Å²) in [6.07, 6.45) is 4.74. The highest BCUT2D eigenvalue weighted by atomic mass is 32.2. The van der Waals surface area contributed by atoms with Gasteiger partial charge in [-0.1, -0.05) is 36.0 Å². The van der Waals surface area contributed by atoms with Gasteiger partial charge in [0.25, 0.3) is 0 Å². The highest BCUT2D eigenvalue weighted by Gasteiger charge is 2.34. The van der Waals surface area contributed by atoms with Crippen LogP contribution in [0, 0.1) is 0 Å². The normalized spacial score (nSPS) is 22.7. The molecule has 3 nitrogen and oxygen atoms in total. The molecule has 20 heavy (non-hydrogen) atoms. The van der Waals surface area contributed by atoms with E-state index in [0.29, 0.717) is 6.04 Å². The summed E-state index contributed by atoms with van der Waals surface area (Å²) in [5.74, 6) is 1.13. The van der Waals surface area contributed by atoms with Crippen LogP contribution in [0.25, 0.3) is 0 Å². The van der Waals surface area contributed by atoms with Gasteiger partial charge in [-0.3, -0.25) is 4.98 Å². The molecular formula is C16H15N3S. The Labute approximate surface area is 122 Å². The van der Waals surface area contributed by atoms with Crippen LogP contribution in [0.5, 0.6) is 0 Å². The van der Waals surface area contributed by atoms with Crippen LogP contribution in [-0.4, -0.2) is 26.8 Å². The summed E-state index contributed by atoms with van der Waals surface area (Å²) in [5, 5.41) is 1.14. The summed E-state index contributed by atoms with van der Waals surface area (Å²) in [7, 11) is 0. The number of hydrogen-bond donors (Lipinski definition) is 0. The quantitative estimate of drug-likeness (QED) is 0.803. The van der Waals surface area contributed by atoms with Gasteiger partial charge in [-0.2, -0.15) is 0 Å². The number of benzene rings is 1. The number of aromatic nitrogens is 1. The number of amidine groups is 1. The summed E-state index contributed by atoms with van der Waals surface area (Å²) in [5.41, 5.74) is 3.87. The SMILES string of the molecule is c1cncc(N=C2SC[C@H]3Cc4ccccc4CN23)c1. The van der Waals surface area contributed by atoms with Gasteiger partial charge in [-0.05, 0) is 29.7 Å². The first-order chi connectivity index (χ1) is 9.90. The van der Waals surface area contributed by atoms with Crippen molar-refractivity contribution in [2.45, 2.75) is 19.0 Å². The lowest BCUT2D eigenvalue weighted by Crippen LogP contribution is -2.38. The molecule has 0 bridgehead atoms. The van der Waals surface area contributed by atoms with E-state index < -0.39 is 0 Å². The Balaban J connectivity index is 1.65. The largest absolute Gasteiger partial charge is 0.343 e. The maximum Gasteiger partial charge on any atom is 0.165 e. The van der Waals surface area contributed by atoms with E-state index in [-0.39, 0.29) is 0 Å². The van der Waals surface area contributed by atoms with E-state index in [4.69, 9.17) is 4.99 Å². The lowest BCUT2D eigenvalue weighted by molar-refractivity contribution is 0.320. The van der Waals surface area contributed by atoms with Crippen LogP contribution in [0.3, 0.4) is 0 Å². The Bertz CT molecular complexity index is 654. The van der Waals surface area contributed by atoms with Crippen LogP contribution in [0.2, 0.25) is 0 Å². The molecule has 1 aromatic carbocycles. The molecule has 2 aliphatic rings. The standard InChI is InChI=1S/C16H15N3S/c1-2-5-13-10-19-15(8-12(13)4-1)11-20-16(19)18-14-6-3-7-17-9-14/h1-7,9,15H,8,10-11H2/t15-/m1/s1. The van der Waals surface area contributed by atoms with Gasteiger partial charge in [0.2, 0.25) is 0 Å². The van der Waals surface area contributed by atoms with Crippen LogP contribution in [0.15, 0.2) is 53.8 Å². The maximum absolute atomic E-state index is 4.76. The minimum absolute atomic E-state index is 0.588. The van der Waals surface area contributed by atoms with Crippen molar-refractivity contribution in [1.82, 2.24) is 9.88 Å². The molecule has 100 valence electrons. The zero-order chi connectivity index (χ0) is 13.4. The molecular weight excluding hydrogens is 266 g/mol. The summed E-state index contributed by atoms with van der Waals surface area (Å²) in [6, 6.07) is 13.3. The monoisotopic (exact) mass is 281 g/mol.